The summed E-state index contributed by atoms with van der Waals surface area (Å²) in [5.41, 5.74) is 0.0572. The molecule has 1 aromatic carbocycles. The van der Waals surface area contributed by atoms with Crippen molar-refractivity contribution in [2.45, 2.75) is 26.0 Å². The Hall–Kier alpha value is -2.36. The number of benzene rings is 1. The SMILES string of the molecule is CCNC(=NCC(=O)NCc1ccc(OC)cc1)NCC(C)(O)CN1CCOCC1. The Bertz CT molecular complexity index is 672. The number of carbonyl (C=O) groups is 1. The second-order valence-corrected chi connectivity index (χ2v) is 7.56. The summed E-state index contributed by atoms with van der Waals surface area (Å²) in [5.74, 6) is 1.10. The summed E-state index contributed by atoms with van der Waals surface area (Å²) in [6.45, 7) is 8.72. The second kappa shape index (κ2) is 12.4. The highest BCUT2D eigenvalue weighted by atomic mass is 16.5. The van der Waals surface area contributed by atoms with Crippen LogP contribution in [0.4, 0.5) is 0 Å². The number of aliphatic imine (C=N–C) groups is 1. The molecule has 4 N–H and O–H groups in total. The summed E-state index contributed by atoms with van der Waals surface area (Å²) < 4.78 is 10.5. The number of amides is 1. The minimum absolute atomic E-state index is 0.00288. The number of β-amino-alcohol motifs (C(OH)–C–C–N with tert-alkyl or cyclic N) is 1. The minimum atomic E-state index is -0.926. The lowest BCUT2D eigenvalue weighted by Crippen LogP contribution is -2.53. The monoisotopic (exact) mass is 421 g/mol. The first-order valence-corrected chi connectivity index (χ1v) is 10.4. The van der Waals surface area contributed by atoms with Crippen LogP contribution in [-0.4, -0.2) is 87.1 Å². The maximum atomic E-state index is 12.1. The Balaban J connectivity index is 1.78. The Labute approximate surface area is 178 Å². The zero-order chi connectivity index (χ0) is 21.8. The van der Waals surface area contributed by atoms with Crippen LogP contribution < -0.4 is 20.7 Å². The van der Waals surface area contributed by atoms with Crippen LogP contribution in [0.3, 0.4) is 0 Å². The van der Waals surface area contributed by atoms with E-state index in [0.29, 0.717) is 45.4 Å². The Morgan fingerprint density at radius 3 is 2.57 bits per heavy atom. The van der Waals surface area contributed by atoms with Gasteiger partial charge in [0, 0.05) is 39.3 Å². The lowest BCUT2D eigenvalue weighted by atomic mass is 10.1. The number of guanidine groups is 1. The van der Waals surface area contributed by atoms with E-state index in [1.54, 1.807) is 14.0 Å². The minimum Gasteiger partial charge on any atom is -0.497 e. The van der Waals surface area contributed by atoms with Gasteiger partial charge >= 0.3 is 0 Å². The molecule has 1 heterocycles. The van der Waals surface area contributed by atoms with Crippen LogP contribution in [-0.2, 0) is 16.1 Å². The molecule has 9 heteroatoms. The second-order valence-electron chi connectivity index (χ2n) is 7.56. The molecule has 1 fully saturated rings. The molecule has 1 aliphatic rings. The van der Waals surface area contributed by atoms with Gasteiger partial charge in [-0.15, -0.1) is 0 Å². The summed E-state index contributed by atoms with van der Waals surface area (Å²) in [5, 5.41) is 19.8. The van der Waals surface area contributed by atoms with Gasteiger partial charge < -0.3 is 30.5 Å². The first kappa shape index (κ1) is 23.9. The van der Waals surface area contributed by atoms with Crippen molar-refractivity contribution in [1.29, 1.82) is 0 Å². The Morgan fingerprint density at radius 2 is 1.93 bits per heavy atom. The number of morpholine rings is 1. The number of hydrogen-bond acceptors (Lipinski definition) is 6. The lowest BCUT2D eigenvalue weighted by Gasteiger charge is -2.34. The molecule has 0 aliphatic carbocycles. The van der Waals surface area contributed by atoms with Gasteiger partial charge in [0.25, 0.3) is 0 Å². The summed E-state index contributed by atoms with van der Waals surface area (Å²) in [4.78, 5) is 18.6. The highest BCUT2D eigenvalue weighted by molar-refractivity contribution is 5.84. The fourth-order valence-electron chi connectivity index (χ4n) is 3.06. The molecule has 0 spiro atoms. The number of carbonyl (C=O) groups excluding carboxylic acids is 1. The van der Waals surface area contributed by atoms with Crippen molar-refractivity contribution in [2.24, 2.45) is 4.99 Å². The number of nitrogens with one attached hydrogen (secondary N) is 3. The van der Waals surface area contributed by atoms with Crippen molar-refractivity contribution in [3.63, 3.8) is 0 Å². The van der Waals surface area contributed by atoms with Crippen molar-refractivity contribution < 1.29 is 19.4 Å². The molecule has 1 saturated heterocycles. The number of hydrogen-bond donors (Lipinski definition) is 4. The Kier molecular flexibility index (Phi) is 9.85. The molecule has 2 rings (SSSR count). The van der Waals surface area contributed by atoms with Gasteiger partial charge in [0.05, 0.1) is 25.9 Å². The predicted octanol–water partition coefficient (Wildman–Crippen LogP) is -0.0503. The van der Waals surface area contributed by atoms with Crippen LogP contribution in [0.25, 0.3) is 0 Å². The molecule has 0 saturated carbocycles. The zero-order valence-electron chi connectivity index (χ0n) is 18.2. The molecule has 9 nitrogen and oxygen atoms in total. The van der Waals surface area contributed by atoms with E-state index in [0.717, 1.165) is 24.4 Å². The van der Waals surface area contributed by atoms with Gasteiger partial charge in [0.1, 0.15) is 12.3 Å². The predicted molar refractivity (Wildman–Crippen MR) is 117 cm³/mol. The van der Waals surface area contributed by atoms with Crippen molar-refractivity contribution in [2.75, 3.05) is 59.6 Å². The van der Waals surface area contributed by atoms with Crippen molar-refractivity contribution in [3.8, 4) is 5.75 Å². The Morgan fingerprint density at radius 1 is 1.23 bits per heavy atom. The summed E-state index contributed by atoms with van der Waals surface area (Å²) >= 11 is 0. The third kappa shape index (κ3) is 8.98. The van der Waals surface area contributed by atoms with Crippen LogP contribution >= 0.6 is 0 Å². The highest BCUT2D eigenvalue weighted by Gasteiger charge is 2.25. The lowest BCUT2D eigenvalue weighted by molar-refractivity contribution is -0.119. The maximum absolute atomic E-state index is 12.1. The first-order valence-electron chi connectivity index (χ1n) is 10.4. The molecule has 30 heavy (non-hydrogen) atoms. The number of rotatable bonds is 10. The van der Waals surface area contributed by atoms with E-state index in [4.69, 9.17) is 9.47 Å². The first-order chi connectivity index (χ1) is 14.4. The number of ether oxygens (including phenoxy) is 2. The van der Waals surface area contributed by atoms with Crippen LogP contribution in [0.15, 0.2) is 29.3 Å². The van der Waals surface area contributed by atoms with Gasteiger partial charge in [-0.05, 0) is 31.5 Å². The molecule has 1 aliphatic heterocycles. The average Bonchev–Trinajstić information content (AvgIpc) is 2.75. The highest BCUT2D eigenvalue weighted by Crippen LogP contribution is 2.11. The van der Waals surface area contributed by atoms with Crippen LogP contribution in [0.5, 0.6) is 5.75 Å². The number of methoxy groups -OCH3 is 1. The summed E-state index contributed by atoms with van der Waals surface area (Å²) in [7, 11) is 1.62. The van der Waals surface area contributed by atoms with E-state index in [1.807, 2.05) is 31.2 Å². The van der Waals surface area contributed by atoms with E-state index in [9.17, 15) is 9.90 Å². The van der Waals surface area contributed by atoms with E-state index in [-0.39, 0.29) is 12.5 Å². The maximum Gasteiger partial charge on any atom is 0.242 e. The molecule has 0 aromatic heterocycles. The fraction of sp³-hybridized carbons (Fsp3) is 0.619. The largest absolute Gasteiger partial charge is 0.497 e. The van der Waals surface area contributed by atoms with Crippen molar-refractivity contribution >= 4 is 11.9 Å². The fourth-order valence-corrected chi connectivity index (χ4v) is 3.06. The number of aliphatic hydroxyl groups is 1. The van der Waals surface area contributed by atoms with Gasteiger partial charge in [-0.25, -0.2) is 4.99 Å². The van der Waals surface area contributed by atoms with Gasteiger partial charge in [-0.1, -0.05) is 12.1 Å². The van der Waals surface area contributed by atoms with Crippen molar-refractivity contribution in [3.05, 3.63) is 29.8 Å². The molecule has 1 unspecified atom stereocenters. The van der Waals surface area contributed by atoms with Crippen molar-refractivity contribution in [1.82, 2.24) is 20.9 Å². The molecule has 1 aromatic rings. The molecule has 0 radical (unpaired) electrons. The van der Waals surface area contributed by atoms with Gasteiger partial charge in [0.2, 0.25) is 5.91 Å². The molecule has 168 valence electrons. The molecule has 1 amide bonds. The van der Waals surface area contributed by atoms with Crippen LogP contribution in [0.2, 0.25) is 0 Å². The van der Waals surface area contributed by atoms with Crippen LogP contribution in [0.1, 0.15) is 19.4 Å². The van der Waals surface area contributed by atoms with Gasteiger partial charge in [-0.2, -0.15) is 0 Å². The summed E-state index contributed by atoms with van der Waals surface area (Å²) in [6, 6.07) is 7.53. The smallest absolute Gasteiger partial charge is 0.242 e. The standard InChI is InChI=1S/C21H35N5O4/c1-4-22-20(25-15-21(2,28)16-26-9-11-30-12-10-26)24-14-19(27)23-13-17-5-7-18(29-3)8-6-17/h5-8,28H,4,9-16H2,1-3H3,(H,23,27)(H2,22,24,25). The quantitative estimate of drug-likeness (QED) is 0.310. The van der Waals surface area contributed by atoms with E-state index < -0.39 is 5.60 Å². The van der Waals surface area contributed by atoms with E-state index >= 15 is 0 Å². The zero-order valence-corrected chi connectivity index (χ0v) is 18.2. The average molecular weight is 422 g/mol. The van der Waals surface area contributed by atoms with Gasteiger partial charge in [-0.3, -0.25) is 9.69 Å². The molecule has 1 atom stereocenters. The van der Waals surface area contributed by atoms with E-state index in [2.05, 4.69) is 25.8 Å². The molecule has 0 bridgehead atoms. The van der Waals surface area contributed by atoms with Gasteiger partial charge in [0.15, 0.2) is 5.96 Å². The third-order valence-electron chi connectivity index (χ3n) is 4.68. The normalized spacial score (nSPS) is 17.1. The number of nitrogens with zero attached hydrogens (tertiary/aromatic N) is 2. The topological polar surface area (TPSA) is 107 Å². The van der Waals surface area contributed by atoms with Crippen LogP contribution in [0, 0.1) is 0 Å². The molecular weight excluding hydrogens is 386 g/mol. The third-order valence-corrected chi connectivity index (χ3v) is 4.68. The molecular formula is C21H35N5O4. The van der Waals surface area contributed by atoms with E-state index in [1.165, 1.54) is 0 Å². The summed E-state index contributed by atoms with van der Waals surface area (Å²) in [6.07, 6.45) is 0.